The van der Waals surface area contributed by atoms with Crippen LogP contribution in [-0.2, 0) is 9.59 Å². The Kier molecular flexibility index (Phi) is 2.20. The second-order valence-electron chi connectivity index (χ2n) is 2.93. The number of hydrogen-bond acceptors (Lipinski definition) is 5. The number of carboxylic acid groups (broad SMARTS) is 1. The number of carboxylic acids is 1. The number of carbonyl (C=O) groups is 2. The van der Waals surface area contributed by atoms with Gasteiger partial charge in [-0.1, -0.05) is 0 Å². The van der Waals surface area contributed by atoms with Crippen molar-refractivity contribution in [2.75, 3.05) is 5.01 Å². The highest BCUT2D eigenvalue weighted by Gasteiger charge is 2.28. The Labute approximate surface area is 84.0 Å². The van der Waals surface area contributed by atoms with Crippen LogP contribution in [-0.4, -0.2) is 27.7 Å². The summed E-state index contributed by atoms with van der Waals surface area (Å²) < 4.78 is 4.88. The Morgan fingerprint density at radius 1 is 1.67 bits per heavy atom. The van der Waals surface area contributed by atoms with E-state index in [2.05, 4.69) is 10.1 Å². The van der Waals surface area contributed by atoms with Crippen molar-refractivity contribution < 1.29 is 19.1 Å². The third kappa shape index (κ3) is 1.85. The van der Waals surface area contributed by atoms with Crippen molar-refractivity contribution in [1.29, 1.82) is 0 Å². The molecule has 1 N–H and O–H groups in total. The van der Waals surface area contributed by atoms with E-state index in [0.717, 1.165) is 5.01 Å². The summed E-state index contributed by atoms with van der Waals surface area (Å²) in [6.45, 7) is 0. The lowest BCUT2D eigenvalue weighted by molar-refractivity contribution is -0.135. The first-order chi connectivity index (χ1) is 7.16. The number of hydrogen-bond donors (Lipinski definition) is 1. The number of amides is 1. The normalized spacial score (nSPS) is 15.6. The van der Waals surface area contributed by atoms with Crippen LogP contribution >= 0.6 is 0 Å². The van der Waals surface area contributed by atoms with Crippen molar-refractivity contribution in [3.63, 3.8) is 0 Å². The van der Waals surface area contributed by atoms with Crippen molar-refractivity contribution in [1.82, 2.24) is 4.98 Å². The topological polar surface area (TPSA) is 96.0 Å². The van der Waals surface area contributed by atoms with Crippen molar-refractivity contribution in [2.45, 2.75) is 12.8 Å². The van der Waals surface area contributed by atoms with E-state index in [0.29, 0.717) is 5.71 Å². The fourth-order valence-electron chi connectivity index (χ4n) is 1.22. The quantitative estimate of drug-likeness (QED) is 0.769. The lowest BCUT2D eigenvalue weighted by Crippen LogP contribution is -2.19. The Balaban J connectivity index is 2.17. The van der Waals surface area contributed by atoms with Crippen LogP contribution in [0.5, 0.6) is 0 Å². The number of carbonyl (C=O) groups excluding carboxylic acids is 1. The van der Waals surface area contributed by atoms with Crippen molar-refractivity contribution >= 4 is 23.6 Å². The second kappa shape index (κ2) is 3.52. The Hall–Kier alpha value is -2.18. The third-order valence-electron chi connectivity index (χ3n) is 1.79. The molecule has 7 nitrogen and oxygen atoms in total. The van der Waals surface area contributed by atoms with Gasteiger partial charge in [-0.2, -0.15) is 5.10 Å². The summed E-state index contributed by atoms with van der Waals surface area (Å²) in [5.74, 6) is -1.36. The molecule has 1 aliphatic heterocycles. The third-order valence-corrected chi connectivity index (χ3v) is 1.79. The summed E-state index contributed by atoms with van der Waals surface area (Å²) in [4.78, 5) is 25.5. The van der Waals surface area contributed by atoms with Gasteiger partial charge in [0.1, 0.15) is 6.26 Å². The average molecular weight is 209 g/mol. The SMILES string of the molecule is O=C(O)CC1=NN(c2ncco2)C(=O)C1. The molecule has 0 unspecified atom stereocenters. The van der Waals surface area contributed by atoms with Gasteiger partial charge >= 0.3 is 12.0 Å². The van der Waals surface area contributed by atoms with E-state index in [1.54, 1.807) is 0 Å². The molecule has 0 spiro atoms. The molecule has 15 heavy (non-hydrogen) atoms. The van der Waals surface area contributed by atoms with Gasteiger partial charge in [-0.05, 0) is 0 Å². The number of anilines is 1. The summed E-state index contributed by atoms with van der Waals surface area (Å²) >= 11 is 0. The molecule has 2 heterocycles. The average Bonchev–Trinajstić information content (AvgIpc) is 2.72. The van der Waals surface area contributed by atoms with Gasteiger partial charge in [-0.25, -0.2) is 4.98 Å². The van der Waals surface area contributed by atoms with Gasteiger partial charge < -0.3 is 9.52 Å². The molecule has 1 aliphatic rings. The molecule has 0 aliphatic carbocycles. The van der Waals surface area contributed by atoms with E-state index >= 15 is 0 Å². The molecule has 0 atom stereocenters. The lowest BCUT2D eigenvalue weighted by atomic mass is 10.2. The first kappa shape index (κ1) is 9.38. The molecule has 0 saturated carbocycles. The van der Waals surface area contributed by atoms with Crippen molar-refractivity contribution in [3.8, 4) is 0 Å². The molecule has 0 saturated heterocycles. The van der Waals surface area contributed by atoms with Crippen LogP contribution in [0.1, 0.15) is 12.8 Å². The molecule has 1 amide bonds. The van der Waals surface area contributed by atoms with Crippen LogP contribution in [0.3, 0.4) is 0 Å². The second-order valence-corrected chi connectivity index (χ2v) is 2.93. The molecule has 7 heteroatoms. The predicted molar refractivity (Wildman–Crippen MR) is 48.3 cm³/mol. The maximum absolute atomic E-state index is 11.4. The number of aliphatic carboxylic acids is 1. The van der Waals surface area contributed by atoms with E-state index in [1.165, 1.54) is 12.5 Å². The van der Waals surface area contributed by atoms with Crippen LogP contribution in [0, 0.1) is 0 Å². The highest BCUT2D eigenvalue weighted by molar-refractivity contribution is 6.15. The highest BCUT2D eigenvalue weighted by Crippen LogP contribution is 2.18. The minimum absolute atomic E-state index is 0.00528. The Morgan fingerprint density at radius 2 is 2.47 bits per heavy atom. The van der Waals surface area contributed by atoms with Gasteiger partial charge in [0.25, 0.3) is 5.91 Å². The molecule has 1 aromatic heterocycles. The molecule has 0 fully saturated rings. The first-order valence-corrected chi connectivity index (χ1v) is 4.17. The van der Waals surface area contributed by atoms with E-state index in [9.17, 15) is 9.59 Å². The molecule has 0 aromatic carbocycles. The molecule has 78 valence electrons. The predicted octanol–water partition coefficient (Wildman–Crippen LogP) is 0.242. The number of aromatic nitrogens is 1. The maximum Gasteiger partial charge on any atom is 0.325 e. The minimum atomic E-state index is -1.02. The van der Waals surface area contributed by atoms with Gasteiger partial charge in [0, 0.05) is 0 Å². The van der Waals surface area contributed by atoms with Gasteiger partial charge in [-0.3, -0.25) is 9.59 Å². The van der Waals surface area contributed by atoms with Crippen LogP contribution in [0.2, 0.25) is 0 Å². The van der Waals surface area contributed by atoms with E-state index < -0.39 is 5.97 Å². The molecule has 0 radical (unpaired) electrons. The van der Waals surface area contributed by atoms with E-state index in [4.69, 9.17) is 9.52 Å². The first-order valence-electron chi connectivity index (χ1n) is 4.17. The van der Waals surface area contributed by atoms with E-state index in [-0.39, 0.29) is 24.8 Å². The zero-order valence-electron chi connectivity index (χ0n) is 7.58. The van der Waals surface area contributed by atoms with Crippen LogP contribution in [0.4, 0.5) is 6.01 Å². The van der Waals surface area contributed by atoms with E-state index in [1.807, 2.05) is 0 Å². The monoisotopic (exact) mass is 209 g/mol. The number of oxazole rings is 1. The van der Waals surface area contributed by atoms with Gasteiger partial charge in [0.15, 0.2) is 0 Å². The molecular formula is C8H7N3O4. The van der Waals surface area contributed by atoms with Crippen LogP contribution in [0.25, 0.3) is 0 Å². The summed E-state index contributed by atoms with van der Waals surface area (Å²) in [6.07, 6.45) is 2.44. The number of nitrogens with zero attached hydrogens (tertiary/aromatic N) is 3. The molecular weight excluding hydrogens is 202 g/mol. The standard InChI is InChI=1S/C8H7N3O4/c12-6-3-5(4-7(13)14)10-11(6)8-9-1-2-15-8/h1-2H,3-4H2,(H,13,14). The largest absolute Gasteiger partial charge is 0.481 e. The smallest absolute Gasteiger partial charge is 0.325 e. The fourth-order valence-corrected chi connectivity index (χ4v) is 1.22. The Bertz CT molecular complexity index is 423. The highest BCUT2D eigenvalue weighted by atomic mass is 16.4. The zero-order chi connectivity index (χ0) is 10.8. The molecule has 0 bridgehead atoms. The number of rotatable bonds is 3. The fraction of sp³-hybridized carbons (Fsp3) is 0.250. The lowest BCUT2D eigenvalue weighted by Gasteiger charge is -2.03. The summed E-state index contributed by atoms with van der Waals surface area (Å²) in [7, 11) is 0. The molecule has 1 aromatic rings. The summed E-state index contributed by atoms with van der Waals surface area (Å²) in [5.41, 5.74) is 0.297. The van der Waals surface area contributed by atoms with Crippen LogP contribution < -0.4 is 5.01 Å². The summed E-state index contributed by atoms with van der Waals surface area (Å²) in [6, 6.07) is 0.0559. The van der Waals surface area contributed by atoms with Gasteiger partial charge in [0.2, 0.25) is 0 Å². The van der Waals surface area contributed by atoms with Gasteiger partial charge in [0.05, 0.1) is 24.8 Å². The van der Waals surface area contributed by atoms with Crippen molar-refractivity contribution in [3.05, 3.63) is 12.5 Å². The Morgan fingerprint density at radius 3 is 3.07 bits per heavy atom. The number of hydrazone groups is 1. The minimum Gasteiger partial charge on any atom is -0.481 e. The maximum atomic E-state index is 11.4. The van der Waals surface area contributed by atoms with Gasteiger partial charge in [-0.15, -0.1) is 5.01 Å². The summed E-state index contributed by atoms with van der Waals surface area (Å²) in [5, 5.41) is 13.3. The zero-order valence-corrected chi connectivity index (χ0v) is 7.58. The molecule has 2 rings (SSSR count). The van der Waals surface area contributed by atoms with Crippen LogP contribution in [0.15, 0.2) is 22.0 Å². The van der Waals surface area contributed by atoms with Crippen molar-refractivity contribution in [2.24, 2.45) is 5.10 Å².